The Labute approximate surface area is 282 Å². The van der Waals surface area contributed by atoms with Crippen molar-refractivity contribution in [1.29, 1.82) is 0 Å². The minimum atomic E-state index is -0.956. The van der Waals surface area contributed by atoms with Gasteiger partial charge in [-0.2, -0.15) is 13.8 Å². The van der Waals surface area contributed by atoms with Crippen molar-refractivity contribution in [3.8, 4) is 0 Å². The summed E-state index contributed by atoms with van der Waals surface area (Å²) >= 11 is 0. The van der Waals surface area contributed by atoms with Gasteiger partial charge < -0.3 is 19.8 Å². The summed E-state index contributed by atoms with van der Waals surface area (Å²) in [5.74, 6) is 3.04. The Kier molecular flexibility index (Phi) is 15.8. The molecule has 2 aromatic rings. The molecule has 0 aromatic heterocycles. The van der Waals surface area contributed by atoms with Crippen LogP contribution in [0.15, 0.2) is 41.4 Å². The second-order valence-electron chi connectivity index (χ2n) is 15.3. The van der Waals surface area contributed by atoms with Gasteiger partial charge in [0, 0.05) is 21.3 Å². The molecule has 0 radical (unpaired) electrons. The first-order valence-corrected chi connectivity index (χ1v) is 17.9. The molecule has 0 aliphatic rings. The molecule has 2 rings (SSSR count). The minimum Gasteiger partial charge on any atom is -0.436 e. The molecule has 250 valence electrons. The topological polar surface area (TPSA) is 44.9 Å². The van der Waals surface area contributed by atoms with Gasteiger partial charge in [-0.05, 0) is 106 Å². The molecule has 2 aromatic carbocycles. The Morgan fingerprint density at radius 1 is 0.773 bits per heavy atom. The zero-order valence-corrected chi connectivity index (χ0v) is 32.6. The van der Waals surface area contributed by atoms with Crippen LogP contribution in [0.3, 0.4) is 0 Å². The van der Waals surface area contributed by atoms with Gasteiger partial charge >= 0.3 is 16.5 Å². The number of para-hydroxylation sites is 2. The van der Waals surface area contributed by atoms with Crippen LogP contribution in [0.4, 0.5) is 11.4 Å². The molecule has 2 atom stereocenters. The molecule has 0 aliphatic carbocycles. The van der Waals surface area contributed by atoms with Gasteiger partial charge in [-0.15, -0.1) is 0 Å². The molecule has 0 N–H and O–H groups in total. The van der Waals surface area contributed by atoms with Crippen LogP contribution in [0.5, 0.6) is 0 Å². The average Bonchev–Trinajstić information content (AvgIpc) is 2.88. The molecule has 6 heteroatoms. The Morgan fingerprint density at radius 2 is 1.20 bits per heavy atom. The van der Waals surface area contributed by atoms with E-state index in [1.54, 1.807) is 7.11 Å². The van der Waals surface area contributed by atoms with Crippen molar-refractivity contribution in [2.24, 2.45) is 4.99 Å². The van der Waals surface area contributed by atoms with E-state index in [0.717, 1.165) is 34.9 Å². The van der Waals surface area contributed by atoms with Gasteiger partial charge in [0.25, 0.3) is 0 Å². The Hall–Kier alpha value is -1.25. The predicted molar refractivity (Wildman–Crippen MR) is 193 cm³/mol. The molecule has 44 heavy (non-hydrogen) atoms. The van der Waals surface area contributed by atoms with Crippen LogP contribution >= 0.6 is 7.92 Å². The summed E-state index contributed by atoms with van der Waals surface area (Å²) in [5, 5.41) is 5.94. The van der Waals surface area contributed by atoms with Gasteiger partial charge in [-0.1, -0.05) is 77.9 Å². The molecular weight excluding hydrogens is 606 g/mol. The van der Waals surface area contributed by atoms with Gasteiger partial charge in [-0.3, -0.25) is 5.92 Å². The van der Waals surface area contributed by atoms with Gasteiger partial charge in [0.1, 0.15) is 0 Å². The number of rotatable bonds is 12. The number of nitrogens with zero attached hydrogens (tertiary/aromatic N) is 2. The van der Waals surface area contributed by atoms with Crippen molar-refractivity contribution in [3.63, 3.8) is 0 Å². The van der Waals surface area contributed by atoms with Crippen LogP contribution < -0.4 is 0 Å². The maximum atomic E-state index is 6.46. The molecule has 0 aliphatic heterocycles. The number of aliphatic imine (C=N–C) groups is 1. The zero-order chi connectivity index (χ0) is 32.9. The van der Waals surface area contributed by atoms with E-state index in [0.29, 0.717) is 17.8 Å². The van der Waals surface area contributed by atoms with Crippen LogP contribution in [0.2, 0.25) is 0 Å². The maximum absolute atomic E-state index is 6.46. The third-order valence-corrected chi connectivity index (χ3v) is 12.4. The summed E-state index contributed by atoms with van der Waals surface area (Å²) < 4.78 is 12.1. The van der Waals surface area contributed by atoms with E-state index in [1.807, 2.05) is 13.8 Å². The van der Waals surface area contributed by atoms with Crippen LogP contribution in [0.1, 0.15) is 150 Å². The van der Waals surface area contributed by atoms with Crippen LogP contribution in [-0.4, -0.2) is 35.7 Å². The largest absolute Gasteiger partial charge is 2.00 e. The zero-order valence-electron chi connectivity index (χ0n) is 30.6. The molecule has 0 saturated heterocycles. The van der Waals surface area contributed by atoms with Gasteiger partial charge in [0.2, 0.25) is 0 Å². The van der Waals surface area contributed by atoms with Crippen molar-refractivity contribution in [1.82, 2.24) is 0 Å². The molecule has 0 bridgehead atoms. The van der Waals surface area contributed by atoms with E-state index in [4.69, 9.17) is 19.8 Å². The number of amidine groups is 1. The summed E-state index contributed by atoms with van der Waals surface area (Å²) in [4.78, 5) is 5.58. The first-order chi connectivity index (χ1) is 19.8. The van der Waals surface area contributed by atoms with E-state index < -0.39 is 7.92 Å². The number of benzene rings is 2. The third kappa shape index (κ3) is 10.9. The summed E-state index contributed by atoms with van der Waals surface area (Å²) in [6.07, 6.45) is 0.301. The third-order valence-electron chi connectivity index (χ3n) is 8.14. The van der Waals surface area contributed by atoms with Crippen molar-refractivity contribution < 1.29 is 26.0 Å². The Bertz CT molecular complexity index is 1170. The smallest absolute Gasteiger partial charge is 0.436 e. The maximum Gasteiger partial charge on any atom is 2.00 e. The quantitative estimate of drug-likeness (QED) is 0.0564. The van der Waals surface area contributed by atoms with Crippen LogP contribution in [0, 0.1) is 5.92 Å². The Morgan fingerprint density at radius 3 is 1.59 bits per heavy atom. The summed E-state index contributed by atoms with van der Waals surface area (Å²) in [7, 11) is 0.745. The van der Waals surface area contributed by atoms with Crippen molar-refractivity contribution >= 4 is 25.1 Å². The fourth-order valence-corrected chi connectivity index (χ4v) is 9.79. The summed E-state index contributed by atoms with van der Waals surface area (Å²) in [6.45, 7) is 34.1. The standard InChI is InChI=1S/C38H61N2O2P.Ni/c1-24(2)29-19-17-20-30(25(3)4)34(29)39-33(23-43(37(10,11)12)38(13,14)15)40-35-31(26(5)6)21-18-22-32(35)28(9)42-36(41-16)27(7)8;/h17-22,24-26,28,36H,23H2,1-16H3;/q-2;+2/p+1. The average molecular weight is 669 g/mol. The second-order valence-corrected chi connectivity index (χ2v) is 19.6. The molecule has 4 nitrogen and oxygen atoms in total. The molecule has 0 spiro atoms. The normalized spacial score (nSPS) is 14.5. The van der Waals surface area contributed by atoms with E-state index in [1.165, 1.54) is 16.7 Å². The number of ether oxygens (including phenoxy) is 2. The second kappa shape index (κ2) is 17.1. The number of hydrogen-bond acceptors (Lipinski definition) is 3. The van der Waals surface area contributed by atoms with Crippen molar-refractivity contribution in [2.45, 2.75) is 144 Å². The van der Waals surface area contributed by atoms with E-state index in [9.17, 15) is 0 Å². The van der Waals surface area contributed by atoms with E-state index in [-0.39, 0.29) is 39.2 Å². The summed E-state index contributed by atoms with van der Waals surface area (Å²) in [5.41, 5.74) is 6.94. The molecular formula is C38H62N2NiO2P+. The van der Waals surface area contributed by atoms with E-state index >= 15 is 0 Å². The monoisotopic (exact) mass is 667 g/mol. The minimum absolute atomic E-state index is 0. The van der Waals surface area contributed by atoms with Gasteiger partial charge in [0.05, 0.1) is 22.6 Å². The fraction of sp³-hybridized carbons (Fsp3) is 0.632. The molecule has 0 saturated carbocycles. The molecule has 0 heterocycles. The first-order valence-electron chi connectivity index (χ1n) is 16.2. The first kappa shape index (κ1) is 40.8. The number of methoxy groups -OCH3 is 1. The van der Waals surface area contributed by atoms with Gasteiger partial charge in [0.15, 0.2) is 0 Å². The number of hydrogen-bond donors (Lipinski definition) is 0. The predicted octanol–water partition coefficient (Wildman–Crippen LogP) is 12.3. The molecule has 0 amide bonds. The summed E-state index contributed by atoms with van der Waals surface area (Å²) in [6, 6.07) is 13.2. The van der Waals surface area contributed by atoms with Crippen LogP contribution in [-0.2, 0) is 26.0 Å². The SMILES string of the molecule is COC(OC(C)c1cccc(C(C)C)c1[N-]C(C[PH+](C(C)(C)C)C(C)(C)C)=Nc1c(C(C)C)cccc1C(C)C)[C-](C)C.[Ni+2]. The Balaban J connectivity index is 0.00000968. The fourth-order valence-electron chi connectivity index (χ4n) is 6.01. The van der Waals surface area contributed by atoms with E-state index in [2.05, 4.69) is 126 Å². The van der Waals surface area contributed by atoms with Gasteiger partial charge in [-0.25, -0.2) is 0 Å². The molecule has 0 fully saturated rings. The molecule has 2 unspecified atom stereocenters. The van der Waals surface area contributed by atoms with Crippen molar-refractivity contribution in [2.75, 3.05) is 13.3 Å². The van der Waals surface area contributed by atoms with Crippen molar-refractivity contribution in [3.05, 3.63) is 69.9 Å². The van der Waals surface area contributed by atoms with Crippen LogP contribution in [0.25, 0.3) is 5.32 Å².